The number of anilines is 1. The maximum Gasteiger partial charge on any atom is 0.270 e. The van der Waals surface area contributed by atoms with E-state index in [9.17, 15) is 14.9 Å². The second-order valence-corrected chi connectivity index (χ2v) is 9.57. The minimum absolute atomic E-state index is 0.0188. The van der Waals surface area contributed by atoms with Gasteiger partial charge < -0.3 is 4.90 Å². The highest BCUT2D eigenvalue weighted by molar-refractivity contribution is 7.99. The Balaban J connectivity index is 1.76. The summed E-state index contributed by atoms with van der Waals surface area (Å²) < 4.78 is 0.712. The standard InChI is InChI=1S/C23H28N4O3S2/c1-4-25(5-2)13-14-26(22(28)12-15-31-19-9-6-17(3)7-10-19)23-24-20-11-8-18(27(29)30)16-21(20)32-23/h6-11,16H,4-5,12-15H2,1-3H3. The molecule has 0 unspecified atom stereocenters. The minimum Gasteiger partial charge on any atom is -0.302 e. The highest BCUT2D eigenvalue weighted by atomic mass is 32.2. The summed E-state index contributed by atoms with van der Waals surface area (Å²) >= 11 is 2.99. The number of carbonyl (C=O) groups is 1. The smallest absolute Gasteiger partial charge is 0.270 e. The highest BCUT2D eigenvalue weighted by Crippen LogP contribution is 2.32. The lowest BCUT2D eigenvalue weighted by Gasteiger charge is -2.24. The predicted molar refractivity (Wildman–Crippen MR) is 133 cm³/mol. The van der Waals surface area contributed by atoms with Crippen LogP contribution < -0.4 is 4.90 Å². The first kappa shape index (κ1) is 24.2. The number of aromatic nitrogens is 1. The van der Waals surface area contributed by atoms with Gasteiger partial charge in [0.15, 0.2) is 5.13 Å². The number of benzene rings is 2. The molecule has 0 radical (unpaired) electrons. The summed E-state index contributed by atoms with van der Waals surface area (Å²) in [6.07, 6.45) is 0.396. The third-order valence-corrected chi connectivity index (χ3v) is 7.30. The van der Waals surface area contributed by atoms with E-state index in [-0.39, 0.29) is 11.6 Å². The average Bonchev–Trinajstić information content (AvgIpc) is 3.21. The van der Waals surface area contributed by atoms with E-state index in [0.717, 1.165) is 24.5 Å². The molecule has 0 aliphatic heterocycles. The Morgan fingerprint density at radius 2 is 1.84 bits per heavy atom. The van der Waals surface area contributed by atoms with Crippen LogP contribution in [0.1, 0.15) is 25.8 Å². The Morgan fingerprint density at radius 3 is 2.50 bits per heavy atom. The van der Waals surface area contributed by atoms with Crippen molar-refractivity contribution in [3.63, 3.8) is 0 Å². The van der Waals surface area contributed by atoms with Crippen LogP contribution in [0.5, 0.6) is 0 Å². The number of nitro groups is 1. The summed E-state index contributed by atoms with van der Waals surface area (Å²) in [5, 5.41) is 11.7. The van der Waals surface area contributed by atoms with Gasteiger partial charge in [0.2, 0.25) is 5.91 Å². The van der Waals surface area contributed by atoms with Crippen molar-refractivity contribution >= 4 is 50.0 Å². The van der Waals surface area contributed by atoms with Gasteiger partial charge in [-0.3, -0.25) is 19.8 Å². The molecule has 0 spiro atoms. The number of hydrogen-bond donors (Lipinski definition) is 0. The second-order valence-electron chi connectivity index (χ2n) is 7.39. The maximum absolute atomic E-state index is 13.2. The first-order chi connectivity index (χ1) is 15.4. The van der Waals surface area contributed by atoms with Gasteiger partial charge in [0, 0.05) is 42.3 Å². The van der Waals surface area contributed by atoms with Gasteiger partial charge in [-0.05, 0) is 38.2 Å². The fraction of sp³-hybridized carbons (Fsp3) is 0.391. The third kappa shape index (κ3) is 6.27. The van der Waals surface area contributed by atoms with Crippen LogP contribution in [0.15, 0.2) is 47.4 Å². The monoisotopic (exact) mass is 472 g/mol. The largest absolute Gasteiger partial charge is 0.302 e. The number of thioether (sulfide) groups is 1. The van der Waals surface area contributed by atoms with E-state index in [2.05, 4.69) is 54.9 Å². The lowest BCUT2D eigenvalue weighted by atomic mass is 10.2. The molecule has 7 nitrogen and oxygen atoms in total. The Bertz CT molecular complexity index is 1060. The van der Waals surface area contributed by atoms with Crippen molar-refractivity contribution in [2.75, 3.05) is 36.8 Å². The molecular formula is C23H28N4O3S2. The van der Waals surface area contributed by atoms with Crippen molar-refractivity contribution in [3.05, 3.63) is 58.1 Å². The summed E-state index contributed by atoms with van der Waals surface area (Å²) in [4.78, 5) is 33.6. The summed E-state index contributed by atoms with van der Waals surface area (Å²) in [5.74, 6) is 0.699. The van der Waals surface area contributed by atoms with E-state index in [1.54, 1.807) is 22.7 Å². The first-order valence-corrected chi connectivity index (χ1v) is 12.5. The topological polar surface area (TPSA) is 79.6 Å². The number of carbonyl (C=O) groups excluding carboxylic acids is 1. The molecule has 1 amide bonds. The van der Waals surface area contributed by atoms with Gasteiger partial charge in [0.05, 0.1) is 15.1 Å². The van der Waals surface area contributed by atoms with Crippen LogP contribution in [0, 0.1) is 17.0 Å². The lowest BCUT2D eigenvalue weighted by Crippen LogP contribution is -2.39. The van der Waals surface area contributed by atoms with Crippen molar-refractivity contribution in [2.24, 2.45) is 0 Å². The number of fused-ring (bicyclic) bond motifs is 1. The molecule has 0 N–H and O–H groups in total. The van der Waals surface area contributed by atoms with Crippen LogP contribution in [0.2, 0.25) is 0 Å². The van der Waals surface area contributed by atoms with Crippen LogP contribution in [0.3, 0.4) is 0 Å². The SMILES string of the molecule is CCN(CC)CCN(C(=O)CCSc1ccc(C)cc1)c1nc2ccc([N+](=O)[O-])cc2s1. The summed E-state index contributed by atoms with van der Waals surface area (Å²) in [7, 11) is 0. The Morgan fingerprint density at radius 1 is 1.12 bits per heavy atom. The summed E-state index contributed by atoms with van der Waals surface area (Å²) in [6.45, 7) is 9.37. The number of amides is 1. The van der Waals surface area contributed by atoms with Crippen molar-refractivity contribution < 1.29 is 9.72 Å². The molecule has 3 rings (SSSR count). The zero-order chi connectivity index (χ0) is 23.1. The number of rotatable bonds is 11. The second kappa shape index (κ2) is 11.4. The van der Waals surface area contributed by atoms with Gasteiger partial charge in [-0.15, -0.1) is 11.8 Å². The van der Waals surface area contributed by atoms with Crippen LogP contribution in [-0.4, -0.2) is 52.6 Å². The Labute approximate surface area is 196 Å². The van der Waals surface area contributed by atoms with E-state index in [4.69, 9.17) is 0 Å². The zero-order valence-electron chi connectivity index (χ0n) is 18.6. The van der Waals surface area contributed by atoms with Crippen LogP contribution in [-0.2, 0) is 4.79 Å². The van der Waals surface area contributed by atoms with Gasteiger partial charge in [-0.1, -0.05) is 42.9 Å². The first-order valence-electron chi connectivity index (χ1n) is 10.7. The lowest BCUT2D eigenvalue weighted by molar-refractivity contribution is -0.384. The summed E-state index contributed by atoms with van der Waals surface area (Å²) in [6, 6.07) is 12.9. The van der Waals surface area contributed by atoms with Crippen molar-refractivity contribution in [1.82, 2.24) is 9.88 Å². The molecule has 0 saturated heterocycles. The highest BCUT2D eigenvalue weighted by Gasteiger charge is 2.21. The number of nitrogens with zero attached hydrogens (tertiary/aromatic N) is 4. The molecule has 1 heterocycles. The molecule has 170 valence electrons. The normalized spacial score (nSPS) is 11.2. The van der Waals surface area contributed by atoms with Gasteiger partial charge in [0.25, 0.3) is 5.69 Å². The number of nitro benzene ring substituents is 1. The van der Waals surface area contributed by atoms with Crippen molar-refractivity contribution in [1.29, 1.82) is 0 Å². The molecule has 32 heavy (non-hydrogen) atoms. The molecule has 9 heteroatoms. The number of likely N-dealkylation sites (N-methyl/N-ethyl adjacent to an activating group) is 1. The van der Waals surface area contributed by atoms with E-state index in [1.165, 1.54) is 29.0 Å². The van der Waals surface area contributed by atoms with E-state index in [1.807, 2.05) is 0 Å². The Kier molecular flexibility index (Phi) is 8.60. The van der Waals surface area contributed by atoms with Crippen LogP contribution in [0.25, 0.3) is 10.2 Å². The van der Waals surface area contributed by atoms with Crippen molar-refractivity contribution in [3.8, 4) is 0 Å². The molecule has 0 fully saturated rings. The van der Waals surface area contributed by atoms with Crippen LogP contribution >= 0.6 is 23.1 Å². The van der Waals surface area contributed by atoms with Gasteiger partial charge in [0.1, 0.15) is 0 Å². The number of thiazole rings is 1. The molecule has 1 aromatic heterocycles. The molecule has 0 aliphatic rings. The van der Waals surface area contributed by atoms with E-state index in [0.29, 0.717) is 34.1 Å². The van der Waals surface area contributed by atoms with E-state index >= 15 is 0 Å². The van der Waals surface area contributed by atoms with Crippen LogP contribution in [0.4, 0.5) is 10.8 Å². The molecule has 0 bridgehead atoms. The molecule has 0 saturated carbocycles. The van der Waals surface area contributed by atoms with Gasteiger partial charge >= 0.3 is 0 Å². The molecular weight excluding hydrogens is 444 g/mol. The molecule has 0 atom stereocenters. The fourth-order valence-corrected chi connectivity index (χ4v) is 5.15. The molecule has 0 aliphatic carbocycles. The van der Waals surface area contributed by atoms with E-state index < -0.39 is 4.92 Å². The zero-order valence-corrected chi connectivity index (χ0v) is 20.2. The number of hydrogen-bond acceptors (Lipinski definition) is 7. The summed E-state index contributed by atoms with van der Waals surface area (Å²) in [5.41, 5.74) is 1.91. The van der Waals surface area contributed by atoms with Gasteiger partial charge in [-0.2, -0.15) is 0 Å². The minimum atomic E-state index is -0.412. The number of aryl methyl sites for hydroxylation is 1. The van der Waals surface area contributed by atoms with Gasteiger partial charge in [-0.25, -0.2) is 4.98 Å². The average molecular weight is 473 g/mol. The Hall–Kier alpha value is -2.49. The third-order valence-electron chi connectivity index (χ3n) is 5.24. The maximum atomic E-state index is 13.2. The number of non-ortho nitro benzene ring substituents is 1. The van der Waals surface area contributed by atoms with Crippen molar-refractivity contribution in [2.45, 2.75) is 32.1 Å². The quantitative estimate of drug-likeness (QED) is 0.212. The fourth-order valence-electron chi connectivity index (χ4n) is 3.26. The predicted octanol–water partition coefficient (Wildman–Crippen LogP) is 5.37. The molecule has 3 aromatic rings. The molecule has 2 aromatic carbocycles.